The summed E-state index contributed by atoms with van der Waals surface area (Å²) in [6, 6.07) is 2.22. The highest BCUT2D eigenvalue weighted by Crippen LogP contribution is 2.30. The second-order valence-corrected chi connectivity index (χ2v) is 4.47. The van der Waals surface area contributed by atoms with Crippen LogP contribution in [0.25, 0.3) is 6.08 Å². The van der Waals surface area contributed by atoms with E-state index in [1.807, 2.05) is 17.4 Å². The van der Waals surface area contributed by atoms with Gasteiger partial charge in [0, 0.05) is 9.75 Å². The van der Waals surface area contributed by atoms with Gasteiger partial charge in [-0.1, -0.05) is 0 Å². The van der Waals surface area contributed by atoms with Crippen LogP contribution in [0.4, 0.5) is 0 Å². The minimum absolute atomic E-state index is 0.832. The fourth-order valence-electron chi connectivity index (χ4n) is 1.73. The molecule has 0 spiro atoms. The molecule has 0 bridgehead atoms. The molecule has 1 aliphatic carbocycles. The Morgan fingerprint density at radius 3 is 2.92 bits per heavy atom. The molecule has 0 saturated heterocycles. The molecule has 68 valence electrons. The third-order valence-corrected chi connectivity index (χ3v) is 3.56. The Balaban J connectivity index is 2.24. The number of thiophene rings is 1. The summed E-state index contributed by atoms with van der Waals surface area (Å²) >= 11 is 1.83. The van der Waals surface area contributed by atoms with Gasteiger partial charge >= 0.3 is 0 Å². The molecule has 0 aromatic carbocycles. The molecule has 0 amide bonds. The molecule has 0 saturated carbocycles. The Bertz CT molecular complexity index is 312. The lowest BCUT2D eigenvalue weighted by molar-refractivity contribution is -0.104. The van der Waals surface area contributed by atoms with Gasteiger partial charge in [0.05, 0.1) is 0 Å². The normalized spacial score (nSPS) is 16.0. The fraction of sp³-hybridized carbons (Fsp3) is 0.364. The van der Waals surface area contributed by atoms with Gasteiger partial charge in [-0.2, -0.15) is 0 Å². The van der Waals surface area contributed by atoms with Crippen molar-refractivity contribution in [1.82, 2.24) is 0 Å². The van der Waals surface area contributed by atoms with Gasteiger partial charge in [-0.05, 0) is 49.5 Å². The number of hydrogen-bond donors (Lipinski definition) is 0. The van der Waals surface area contributed by atoms with Gasteiger partial charge in [0.15, 0.2) is 0 Å². The highest BCUT2D eigenvalue weighted by Gasteiger charge is 2.11. The second kappa shape index (κ2) is 3.88. The first-order valence-electron chi connectivity index (χ1n) is 4.63. The SMILES string of the molecule is O=C/C=C/c1cc2c(s1)CCCC2. The monoisotopic (exact) mass is 192 g/mol. The number of aryl methyl sites for hydroxylation is 2. The first kappa shape index (κ1) is 8.70. The minimum atomic E-state index is 0.832. The topological polar surface area (TPSA) is 17.1 Å². The zero-order chi connectivity index (χ0) is 9.10. The van der Waals surface area contributed by atoms with Gasteiger partial charge in [0.25, 0.3) is 0 Å². The van der Waals surface area contributed by atoms with Crippen LogP contribution in [-0.4, -0.2) is 6.29 Å². The largest absolute Gasteiger partial charge is 0.299 e. The molecule has 0 N–H and O–H groups in total. The summed E-state index contributed by atoms with van der Waals surface area (Å²) in [4.78, 5) is 12.9. The Morgan fingerprint density at radius 2 is 2.15 bits per heavy atom. The van der Waals surface area contributed by atoms with Crippen molar-refractivity contribution in [3.8, 4) is 0 Å². The maximum atomic E-state index is 10.1. The molecule has 2 heteroatoms. The molecule has 1 aliphatic rings. The number of allylic oxidation sites excluding steroid dienone is 1. The van der Waals surface area contributed by atoms with Crippen LogP contribution in [0.3, 0.4) is 0 Å². The lowest BCUT2D eigenvalue weighted by Gasteiger charge is -2.08. The molecule has 2 rings (SSSR count). The van der Waals surface area contributed by atoms with Crippen molar-refractivity contribution in [1.29, 1.82) is 0 Å². The summed E-state index contributed by atoms with van der Waals surface area (Å²) in [6.45, 7) is 0. The van der Waals surface area contributed by atoms with E-state index in [0.717, 1.165) is 6.29 Å². The van der Waals surface area contributed by atoms with Gasteiger partial charge in [0.1, 0.15) is 6.29 Å². The molecule has 0 atom stereocenters. The van der Waals surface area contributed by atoms with E-state index in [2.05, 4.69) is 6.07 Å². The van der Waals surface area contributed by atoms with Crippen LogP contribution >= 0.6 is 11.3 Å². The number of carbonyl (C=O) groups is 1. The standard InChI is InChI=1S/C11H12OS/c12-7-3-5-10-8-9-4-1-2-6-11(9)13-10/h3,5,7-8H,1-2,4,6H2/b5-3+. The Labute approximate surface area is 82.1 Å². The van der Waals surface area contributed by atoms with Crippen molar-refractivity contribution < 1.29 is 4.79 Å². The Kier molecular flexibility index (Phi) is 2.60. The first-order valence-corrected chi connectivity index (χ1v) is 5.45. The summed E-state index contributed by atoms with van der Waals surface area (Å²) in [5.41, 5.74) is 1.50. The lowest BCUT2D eigenvalue weighted by atomic mass is 9.99. The zero-order valence-electron chi connectivity index (χ0n) is 7.45. The van der Waals surface area contributed by atoms with Crippen LogP contribution in [-0.2, 0) is 17.6 Å². The average Bonchev–Trinajstić information content (AvgIpc) is 2.57. The summed E-state index contributed by atoms with van der Waals surface area (Å²) in [5.74, 6) is 0. The number of hydrogen-bond acceptors (Lipinski definition) is 2. The number of carbonyl (C=O) groups excluding carboxylic acids is 1. The van der Waals surface area contributed by atoms with Crippen molar-refractivity contribution >= 4 is 23.7 Å². The van der Waals surface area contributed by atoms with E-state index < -0.39 is 0 Å². The molecule has 13 heavy (non-hydrogen) atoms. The summed E-state index contributed by atoms with van der Waals surface area (Å²) in [7, 11) is 0. The maximum absolute atomic E-state index is 10.1. The van der Waals surface area contributed by atoms with E-state index in [1.165, 1.54) is 41.0 Å². The van der Waals surface area contributed by atoms with Gasteiger partial charge in [-0.15, -0.1) is 11.3 Å². The van der Waals surface area contributed by atoms with Crippen LogP contribution in [0.15, 0.2) is 12.1 Å². The lowest BCUT2D eigenvalue weighted by Crippen LogP contribution is -1.96. The fourth-order valence-corrected chi connectivity index (χ4v) is 2.90. The third-order valence-electron chi connectivity index (χ3n) is 2.35. The molecule has 1 nitrogen and oxygen atoms in total. The van der Waals surface area contributed by atoms with E-state index in [1.54, 1.807) is 6.08 Å². The van der Waals surface area contributed by atoms with Gasteiger partial charge in [0.2, 0.25) is 0 Å². The van der Waals surface area contributed by atoms with Crippen LogP contribution in [0.2, 0.25) is 0 Å². The van der Waals surface area contributed by atoms with Gasteiger partial charge in [-0.3, -0.25) is 4.79 Å². The predicted molar refractivity (Wildman–Crippen MR) is 56.1 cm³/mol. The summed E-state index contributed by atoms with van der Waals surface area (Å²) < 4.78 is 0. The van der Waals surface area contributed by atoms with E-state index in [4.69, 9.17) is 0 Å². The zero-order valence-corrected chi connectivity index (χ0v) is 8.27. The van der Waals surface area contributed by atoms with E-state index in [0.29, 0.717) is 0 Å². The summed E-state index contributed by atoms with van der Waals surface area (Å²) in [6.07, 6.45) is 9.40. The molecule has 1 aromatic heterocycles. The first-order chi connectivity index (χ1) is 6.40. The summed E-state index contributed by atoms with van der Waals surface area (Å²) in [5, 5.41) is 0. The van der Waals surface area contributed by atoms with Crippen LogP contribution in [0.1, 0.15) is 28.2 Å². The quantitative estimate of drug-likeness (QED) is 0.520. The molecule has 1 heterocycles. The van der Waals surface area contributed by atoms with Crippen molar-refractivity contribution in [2.45, 2.75) is 25.7 Å². The van der Waals surface area contributed by atoms with E-state index in [-0.39, 0.29) is 0 Å². The van der Waals surface area contributed by atoms with Crippen LogP contribution < -0.4 is 0 Å². The van der Waals surface area contributed by atoms with Crippen molar-refractivity contribution in [2.24, 2.45) is 0 Å². The molecule has 0 aliphatic heterocycles. The van der Waals surface area contributed by atoms with Gasteiger partial charge < -0.3 is 0 Å². The Morgan fingerprint density at radius 1 is 1.31 bits per heavy atom. The predicted octanol–water partition coefficient (Wildman–Crippen LogP) is 2.84. The third kappa shape index (κ3) is 1.89. The molecular weight excluding hydrogens is 180 g/mol. The van der Waals surface area contributed by atoms with E-state index >= 15 is 0 Å². The molecule has 0 radical (unpaired) electrons. The number of aldehydes is 1. The minimum Gasteiger partial charge on any atom is -0.299 e. The Hall–Kier alpha value is -0.890. The highest BCUT2D eigenvalue weighted by molar-refractivity contribution is 7.13. The smallest absolute Gasteiger partial charge is 0.142 e. The number of fused-ring (bicyclic) bond motifs is 1. The molecule has 0 unspecified atom stereocenters. The average molecular weight is 192 g/mol. The molecule has 0 fully saturated rings. The maximum Gasteiger partial charge on any atom is 0.142 e. The van der Waals surface area contributed by atoms with Crippen molar-refractivity contribution in [3.63, 3.8) is 0 Å². The number of rotatable bonds is 2. The van der Waals surface area contributed by atoms with Crippen molar-refractivity contribution in [2.75, 3.05) is 0 Å². The molecular formula is C11H12OS. The van der Waals surface area contributed by atoms with Gasteiger partial charge in [-0.25, -0.2) is 0 Å². The molecule has 1 aromatic rings. The van der Waals surface area contributed by atoms with E-state index in [9.17, 15) is 4.79 Å². The van der Waals surface area contributed by atoms with Crippen LogP contribution in [0, 0.1) is 0 Å². The second-order valence-electron chi connectivity index (χ2n) is 3.30. The van der Waals surface area contributed by atoms with Crippen LogP contribution in [0.5, 0.6) is 0 Å². The highest BCUT2D eigenvalue weighted by atomic mass is 32.1. The van der Waals surface area contributed by atoms with Crippen molar-refractivity contribution in [3.05, 3.63) is 27.5 Å².